The van der Waals surface area contributed by atoms with Gasteiger partial charge in [0.05, 0.1) is 0 Å². The highest BCUT2D eigenvalue weighted by molar-refractivity contribution is 7.99. The van der Waals surface area contributed by atoms with Gasteiger partial charge in [-0.05, 0) is 42.2 Å². The third-order valence-electron chi connectivity index (χ3n) is 3.58. The van der Waals surface area contributed by atoms with E-state index in [2.05, 4.69) is 11.4 Å². The van der Waals surface area contributed by atoms with E-state index in [4.69, 9.17) is 0 Å². The van der Waals surface area contributed by atoms with Crippen molar-refractivity contribution in [1.82, 2.24) is 5.32 Å². The molecule has 1 heterocycles. The predicted octanol–water partition coefficient (Wildman–Crippen LogP) is 2.91. The van der Waals surface area contributed by atoms with Crippen LogP contribution in [-0.2, 0) is 6.42 Å². The molecule has 1 aromatic carbocycles. The van der Waals surface area contributed by atoms with Gasteiger partial charge in [-0.15, -0.1) is 0 Å². The third-order valence-corrected chi connectivity index (χ3v) is 4.74. The van der Waals surface area contributed by atoms with E-state index < -0.39 is 0 Å². The van der Waals surface area contributed by atoms with E-state index in [1.807, 2.05) is 17.8 Å². The Morgan fingerprint density at radius 3 is 3.06 bits per heavy atom. The molecule has 1 nitrogen and oxygen atoms in total. The highest BCUT2D eigenvalue weighted by atomic mass is 32.2. The lowest BCUT2D eigenvalue weighted by atomic mass is 10.1. The summed E-state index contributed by atoms with van der Waals surface area (Å²) < 4.78 is 13.5. The lowest BCUT2D eigenvalue weighted by Gasteiger charge is -2.19. The molecule has 1 aliphatic heterocycles. The fourth-order valence-electron chi connectivity index (χ4n) is 2.73. The van der Waals surface area contributed by atoms with Gasteiger partial charge in [0, 0.05) is 17.8 Å². The summed E-state index contributed by atoms with van der Waals surface area (Å²) >= 11 is 2.01. The minimum Gasteiger partial charge on any atom is -0.306 e. The minimum absolute atomic E-state index is 0.0254. The molecule has 3 heteroatoms. The molecule has 2 unspecified atom stereocenters. The Morgan fingerprint density at radius 2 is 2.25 bits per heavy atom. The van der Waals surface area contributed by atoms with Gasteiger partial charge in [0.15, 0.2) is 0 Å². The molecule has 0 aromatic heterocycles. The molecule has 2 aliphatic rings. The van der Waals surface area contributed by atoms with Crippen LogP contribution < -0.4 is 5.32 Å². The molecule has 16 heavy (non-hydrogen) atoms. The first-order chi connectivity index (χ1) is 7.84. The minimum atomic E-state index is -0.0254. The van der Waals surface area contributed by atoms with Crippen LogP contribution in [-0.4, -0.2) is 17.5 Å². The fraction of sp³-hybridized carbons (Fsp3) is 0.538. The maximum atomic E-state index is 13.5. The van der Waals surface area contributed by atoms with Crippen molar-refractivity contribution >= 4 is 11.8 Å². The average molecular weight is 237 g/mol. The van der Waals surface area contributed by atoms with Crippen molar-refractivity contribution in [2.45, 2.75) is 31.3 Å². The zero-order valence-corrected chi connectivity index (χ0v) is 10.0. The summed E-state index contributed by atoms with van der Waals surface area (Å²) in [7, 11) is 0. The summed E-state index contributed by atoms with van der Waals surface area (Å²) in [6.07, 6.45) is 3.20. The predicted molar refractivity (Wildman–Crippen MR) is 66.3 cm³/mol. The van der Waals surface area contributed by atoms with Crippen LogP contribution in [0.15, 0.2) is 18.2 Å². The molecule has 0 radical (unpaired) electrons. The van der Waals surface area contributed by atoms with Gasteiger partial charge in [0.25, 0.3) is 0 Å². The molecule has 0 saturated carbocycles. The molecule has 3 rings (SSSR count). The van der Waals surface area contributed by atoms with Gasteiger partial charge in [-0.2, -0.15) is 11.8 Å². The molecule has 0 bridgehead atoms. The van der Waals surface area contributed by atoms with Gasteiger partial charge in [-0.3, -0.25) is 0 Å². The molecule has 1 saturated heterocycles. The highest BCUT2D eigenvalue weighted by Crippen LogP contribution is 2.34. The lowest BCUT2D eigenvalue weighted by Crippen LogP contribution is -2.31. The van der Waals surface area contributed by atoms with Gasteiger partial charge >= 0.3 is 0 Å². The highest BCUT2D eigenvalue weighted by Gasteiger charge is 2.27. The van der Waals surface area contributed by atoms with Crippen LogP contribution in [0.5, 0.6) is 0 Å². The Balaban J connectivity index is 1.78. The van der Waals surface area contributed by atoms with E-state index in [0.29, 0.717) is 12.1 Å². The number of thioether (sulfide) groups is 1. The summed E-state index contributed by atoms with van der Waals surface area (Å²) in [6.45, 7) is 0. The first-order valence-electron chi connectivity index (χ1n) is 5.95. The largest absolute Gasteiger partial charge is 0.306 e. The zero-order valence-electron chi connectivity index (χ0n) is 9.21. The Morgan fingerprint density at radius 1 is 1.31 bits per heavy atom. The quantitative estimate of drug-likeness (QED) is 0.849. The Hall–Kier alpha value is -0.540. The standard InChI is InChI=1S/C13H16FNS/c14-12-3-1-2-11-10(12)4-5-13(11)15-9-6-7-16-8-9/h1-3,9,13,15H,4-8H2. The van der Waals surface area contributed by atoms with E-state index in [1.54, 1.807) is 6.07 Å². The molecular weight excluding hydrogens is 221 g/mol. The number of rotatable bonds is 2. The number of benzene rings is 1. The molecular formula is C13H16FNS. The van der Waals surface area contributed by atoms with E-state index in [9.17, 15) is 4.39 Å². The summed E-state index contributed by atoms with van der Waals surface area (Å²) in [4.78, 5) is 0. The average Bonchev–Trinajstić information content (AvgIpc) is 2.90. The van der Waals surface area contributed by atoms with Crippen molar-refractivity contribution in [3.05, 3.63) is 35.1 Å². The van der Waals surface area contributed by atoms with Crippen LogP contribution in [0.1, 0.15) is 30.0 Å². The Labute approximate surface area is 99.8 Å². The van der Waals surface area contributed by atoms with Gasteiger partial charge in [0.1, 0.15) is 5.82 Å². The topological polar surface area (TPSA) is 12.0 Å². The third kappa shape index (κ3) is 1.87. The van der Waals surface area contributed by atoms with E-state index in [1.165, 1.54) is 23.5 Å². The molecule has 1 aliphatic carbocycles. The summed E-state index contributed by atoms with van der Waals surface area (Å²) in [5.74, 6) is 2.45. The molecule has 0 amide bonds. The second-order valence-electron chi connectivity index (χ2n) is 4.63. The van der Waals surface area contributed by atoms with Crippen LogP contribution in [0, 0.1) is 5.82 Å². The summed E-state index contributed by atoms with van der Waals surface area (Å²) in [5, 5.41) is 3.67. The second-order valence-corrected chi connectivity index (χ2v) is 5.78. The Kier molecular flexibility index (Phi) is 2.90. The van der Waals surface area contributed by atoms with Gasteiger partial charge in [-0.25, -0.2) is 4.39 Å². The van der Waals surface area contributed by atoms with Crippen LogP contribution in [0.2, 0.25) is 0 Å². The van der Waals surface area contributed by atoms with Gasteiger partial charge in [0.2, 0.25) is 0 Å². The van der Waals surface area contributed by atoms with Crippen molar-refractivity contribution in [2.24, 2.45) is 0 Å². The molecule has 86 valence electrons. The van der Waals surface area contributed by atoms with Crippen molar-refractivity contribution in [3.63, 3.8) is 0 Å². The molecule has 1 fully saturated rings. The Bertz CT molecular complexity index is 388. The van der Waals surface area contributed by atoms with Crippen LogP contribution >= 0.6 is 11.8 Å². The maximum absolute atomic E-state index is 13.5. The van der Waals surface area contributed by atoms with E-state index in [-0.39, 0.29) is 5.82 Å². The number of nitrogens with one attached hydrogen (secondary N) is 1. The first kappa shape index (κ1) is 10.6. The zero-order chi connectivity index (χ0) is 11.0. The number of hydrogen-bond acceptors (Lipinski definition) is 2. The van der Waals surface area contributed by atoms with Crippen LogP contribution in [0.25, 0.3) is 0 Å². The fourth-order valence-corrected chi connectivity index (χ4v) is 3.90. The number of hydrogen-bond donors (Lipinski definition) is 1. The smallest absolute Gasteiger partial charge is 0.126 e. The molecule has 2 atom stereocenters. The van der Waals surface area contributed by atoms with Crippen molar-refractivity contribution in [3.8, 4) is 0 Å². The van der Waals surface area contributed by atoms with Crippen molar-refractivity contribution < 1.29 is 4.39 Å². The van der Waals surface area contributed by atoms with Crippen molar-refractivity contribution in [2.75, 3.05) is 11.5 Å². The summed E-state index contributed by atoms with van der Waals surface area (Å²) in [6, 6.07) is 6.49. The maximum Gasteiger partial charge on any atom is 0.126 e. The van der Waals surface area contributed by atoms with Crippen molar-refractivity contribution in [1.29, 1.82) is 0 Å². The van der Waals surface area contributed by atoms with E-state index >= 15 is 0 Å². The second kappa shape index (κ2) is 4.38. The normalized spacial score (nSPS) is 28.3. The molecule has 1 aromatic rings. The van der Waals surface area contributed by atoms with Crippen LogP contribution in [0.4, 0.5) is 4.39 Å². The molecule has 1 N–H and O–H groups in total. The first-order valence-corrected chi connectivity index (χ1v) is 7.11. The lowest BCUT2D eigenvalue weighted by molar-refractivity contribution is 0.459. The van der Waals surface area contributed by atoms with E-state index in [0.717, 1.165) is 18.4 Å². The molecule has 0 spiro atoms. The SMILES string of the molecule is Fc1cccc2c1CCC2NC1CCSC1. The number of fused-ring (bicyclic) bond motifs is 1. The number of halogens is 1. The van der Waals surface area contributed by atoms with Crippen LogP contribution in [0.3, 0.4) is 0 Å². The van der Waals surface area contributed by atoms with Gasteiger partial charge in [-0.1, -0.05) is 12.1 Å². The monoisotopic (exact) mass is 237 g/mol. The van der Waals surface area contributed by atoms with Gasteiger partial charge < -0.3 is 5.32 Å². The summed E-state index contributed by atoms with van der Waals surface area (Å²) in [5.41, 5.74) is 2.13.